The molecule has 0 spiro atoms. The predicted molar refractivity (Wildman–Crippen MR) is 97.6 cm³/mol. The Bertz CT molecular complexity index is 774. The Hall–Kier alpha value is -1.59. The lowest BCUT2D eigenvalue weighted by atomic mass is 9.86. The predicted octanol–water partition coefficient (Wildman–Crippen LogP) is 4.54. The minimum atomic E-state index is -1.46. The first-order valence-corrected chi connectivity index (χ1v) is 8.47. The van der Waals surface area contributed by atoms with Gasteiger partial charge in [0.2, 0.25) is 0 Å². The first-order chi connectivity index (χ1) is 11.8. The number of hydrogen-bond donors (Lipinski definition) is 1. The van der Waals surface area contributed by atoms with Crippen molar-refractivity contribution in [2.24, 2.45) is 0 Å². The first kappa shape index (κ1) is 19.7. The maximum atomic E-state index is 12.9. The van der Waals surface area contributed by atoms with Crippen molar-refractivity contribution in [1.82, 2.24) is 0 Å². The molecule has 2 atom stereocenters. The summed E-state index contributed by atoms with van der Waals surface area (Å²) in [6.07, 6.45) is -1.63. The van der Waals surface area contributed by atoms with Crippen molar-refractivity contribution in [3.05, 3.63) is 68.7 Å². The fourth-order valence-corrected chi connectivity index (χ4v) is 3.10. The van der Waals surface area contributed by atoms with Gasteiger partial charge in [-0.1, -0.05) is 40.9 Å². The summed E-state index contributed by atoms with van der Waals surface area (Å²) < 4.78 is 4.53. The molecule has 0 aliphatic carbocycles. The topological polar surface area (TPSA) is 63.6 Å². The molecule has 2 aromatic rings. The molecule has 0 amide bonds. The van der Waals surface area contributed by atoms with Crippen LogP contribution in [0.5, 0.6) is 0 Å². The zero-order chi connectivity index (χ0) is 18.6. The summed E-state index contributed by atoms with van der Waals surface area (Å²) in [5.41, 5.74) is 0.853. The van der Waals surface area contributed by atoms with Crippen LogP contribution in [0.4, 0.5) is 0 Å². The normalized spacial score (nSPS) is 13.2. The number of halogens is 3. The molecule has 2 aromatic carbocycles. The second-order valence-corrected chi connectivity index (χ2v) is 6.64. The lowest BCUT2D eigenvalue weighted by Crippen LogP contribution is -2.27. The van der Waals surface area contributed by atoms with E-state index in [1.807, 2.05) is 0 Å². The van der Waals surface area contributed by atoms with Crippen molar-refractivity contribution in [2.45, 2.75) is 18.4 Å². The Balaban J connectivity index is 2.42. The van der Waals surface area contributed by atoms with E-state index in [-0.39, 0.29) is 17.2 Å². The molecule has 0 saturated heterocycles. The molecule has 132 valence electrons. The zero-order valence-corrected chi connectivity index (χ0v) is 15.5. The van der Waals surface area contributed by atoms with Gasteiger partial charge in [0.25, 0.3) is 0 Å². The third-order valence-corrected chi connectivity index (χ3v) is 4.53. The van der Waals surface area contributed by atoms with Gasteiger partial charge in [0.1, 0.15) is 0 Å². The highest BCUT2D eigenvalue weighted by atomic mass is 35.5. The number of rotatable bonds is 6. The average molecular weight is 402 g/mol. The lowest BCUT2D eigenvalue weighted by molar-refractivity contribution is -0.150. The summed E-state index contributed by atoms with van der Waals surface area (Å²) in [5.74, 6) is -1.97. The van der Waals surface area contributed by atoms with E-state index in [4.69, 9.17) is 34.8 Å². The largest absolute Gasteiger partial charge is 0.467 e. The minimum absolute atomic E-state index is 0.171. The smallest absolute Gasteiger partial charge is 0.334 e. The van der Waals surface area contributed by atoms with E-state index in [1.165, 1.54) is 6.07 Å². The van der Waals surface area contributed by atoms with E-state index in [1.54, 1.807) is 36.4 Å². The Morgan fingerprint density at radius 2 is 1.64 bits per heavy atom. The van der Waals surface area contributed by atoms with Gasteiger partial charge in [-0.05, 0) is 48.4 Å². The number of Topliss-reactive ketones (excluding diaryl/α,β-unsaturated/α-hetero) is 1. The number of benzene rings is 2. The zero-order valence-electron chi connectivity index (χ0n) is 13.2. The monoisotopic (exact) mass is 400 g/mol. The Morgan fingerprint density at radius 1 is 1.04 bits per heavy atom. The van der Waals surface area contributed by atoms with E-state index in [0.29, 0.717) is 21.2 Å². The van der Waals surface area contributed by atoms with Gasteiger partial charge >= 0.3 is 5.97 Å². The molecule has 0 aliphatic rings. The SMILES string of the molecule is COC(=O)[C@H](O)CC(C(=O)c1ccc(Cl)cc1)c1ccc(Cl)cc1Cl. The van der Waals surface area contributed by atoms with E-state index < -0.39 is 18.0 Å². The number of hydrogen-bond acceptors (Lipinski definition) is 4. The number of carbonyl (C=O) groups is 2. The minimum Gasteiger partial charge on any atom is -0.467 e. The summed E-state index contributed by atoms with van der Waals surface area (Å²) in [4.78, 5) is 24.5. The van der Waals surface area contributed by atoms with Gasteiger partial charge in [-0.2, -0.15) is 0 Å². The standard InChI is InChI=1S/C18H15Cl3O4/c1-25-18(24)16(22)9-14(13-7-6-12(20)8-15(13)21)17(23)10-2-4-11(19)5-3-10/h2-8,14,16,22H,9H2,1H3/t14?,16-/m1/s1. The number of aliphatic hydroxyl groups excluding tert-OH is 1. The molecule has 25 heavy (non-hydrogen) atoms. The van der Waals surface area contributed by atoms with Crippen molar-refractivity contribution >= 4 is 46.6 Å². The average Bonchev–Trinajstić information content (AvgIpc) is 2.59. The molecule has 0 heterocycles. The lowest BCUT2D eigenvalue weighted by Gasteiger charge is -2.20. The van der Waals surface area contributed by atoms with Gasteiger partial charge in [-0.3, -0.25) is 4.79 Å². The third kappa shape index (κ3) is 4.95. The second-order valence-electron chi connectivity index (χ2n) is 5.36. The maximum absolute atomic E-state index is 12.9. The van der Waals surface area contributed by atoms with Gasteiger partial charge in [0, 0.05) is 20.6 Å². The summed E-state index contributed by atoms with van der Waals surface area (Å²) in [5, 5.41) is 11.2. The molecule has 0 aromatic heterocycles. The molecule has 0 fully saturated rings. The molecule has 7 heteroatoms. The highest BCUT2D eigenvalue weighted by Gasteiger charge is 2.30. The fraction of sp³-hybridized carbons (Fsp3) is 0.222. The van der Waals surface area contributed by atoms with E-state index in [2.05, 4.69) is 4.74 Å². The third-order valence-electron chi connectivity index (χ3n) is 3.72. The molecule has 1 unspecified atom stereocenters. The van der Waals surface area contributed by atoms with Crippen molar-refractivity contribution in [2.75, 3.05) is 7.11 Å². The summed E-state index contributed by atoms with van der Waals surface area (Å²) >= 11 is 18.0. The molecule has 1 N–H and O–H groups in total. The number of ether oxygens (including phenoxy) is 1. The molecule has 2 rings (SSSR count). The van der Waals surface area contributed by atoms with E-state index in [9.17, 15) is 14.7 Å². The Labute approximate surface area is 160 Å². The van der Waals surface area contributed by atoms with Crippen LogP contribution in [0.2, 0.25) is 15.1 Å². The number of methoxy groups -OCH3 is 1. The van der Waals surface area contributed by atoms with Crippen LogP contribution < -0.4 is 0 Å². The van der Waals surface area contributed by atoms with Crippen LogP contribution in [0, 0.1) is 0 Å². The van der Waals surface area contributed by atoms with E-state index >= 15 is 0 Å². The molecule has 0 bridgehead atoms. The molecule has 0 saturated carbocycles. The number of ketones is 1. The van der Waals surface area contributed by atoms with Gasteiger partial charge in [-0.25, -0.2) is 4.79 Å². The first-order valence-electron chi connectivity index (χ1n) is 7.34. The van der Waals surface area contributed by atoms with Crippen LogP contribution in [0.1, 0.15) is 28.3 Å². The number of aliphatic hydroxyl groups is 1. The van der Waals surface area contributed by atoms with Gasteiger partial charge in [0.15, 0.2) is 11.9 Å². The van der Waals surface area contributed by atoms with Crippen molar-refractivity contribution in [3.8, 4) is 0 Å². The van der Waals surface area contributed by atoms with Crippen molar-refractivity contribution in [3.63, 3.8) is 0 Å². The highest BCUT2D eigenvalue weighted by molar-refractivity contribution is 6.35. The molecular weight excluding hydrogens is 387 g/mol. The van der Waals surface area contributed by atoms with Crippen LogP contribution in [0.25, 0.3) is 0 Å². The summed E-state index contributed by atoms with van der Waals surface area (Å²) in [7, 11) is 1.16. The molecule has 0 radical (unpaired) electrons. The Kier molecular flexibility index (Phi) is 6.85. The molecule has 0 aliphatic heterocycles. The van der Waals surface area contributed by atoms with Gasteiger partial charge in [0.05, 0.1) is 13.0 Å². The van der Waals surface area contributed by atoms with Gasteiger partial charge in [-0.15, -0.1) is 0 Å². The summed E-state index contributed by atoms with van der Waals surface area (Å²) in [6, 6.07) is 11.0. The maximum Gasteiger partial charge on any atom is 0.334 e. The summed E-state index contributed by atoms with van der Waals surface area (Å²) in [6.45, 7) is 0. The number of carbonyl (C=O) groups excluding carboxylic acids is 2. The quantitative estimate of drug-likeness (QED) is 0.570. The van der Waals surface area contributed by atoms with Crippen LogP contribution in [-0.2, 0) is 9.53 Å². The van der Waals surface area contributed by atoms with Crippen LogP contribution >= 0.6 is 34.8 Å². The van der Waals surface area contributed by atoms with Crippen molar-refractivity contribution < 1.29 is 19.4 Å². The van der Waals surface area contributed by atoms with E-state index in [0.717, 1.165) is 7.11 Å². The highest BCUT2D eigenvalue weighted by Crippen LogP contribution is 2.33. The fourth-order valence-electron chi connectivity index (χ4n) is 2.43. The second kappa shape index (κ2) is 8.68. The van der Waals surface area contributed by atoms with Crippen LogP contribution in [0.3, 0.4) is 0 Å². The molecular formula is C18H15Cl3O4. The van der Waals surface area contributed by atoms with Gasteiger partial charge < -0.3 is 9.84 Å². The Morgan fingerprint density at radius 3 is 2.20 bits per heavy atom. The number of esters is 1. The molecule has 4 nitrogen and oxygen atoms in total. The van der Waals surface area contributed by atoms with Crippen LogP contribution in [0.15, 0.2) is 42.5 Å². The van der Waals surface area contributed by atoms with Crippen molar-refractivity contribution in [1.29, 1.82) is 0 Å². The van der Waals surface area contributed by atoms with Crippen LogP contribution in [-0.4, -0.2) is 30.1 Å².